The van der Waals surface area contributed by atoms with Crippen LogP contribution in [0.25, 0.3) is 83.9 Å². The summed E-state index contributed by atoms with van der Waals surface area (Å²) in [5, 5.41) is 2.44. The van der Waals surface area contributed by atoms with E-state index in [-0.39, 0.29) is 0 Å². The van der Waals surface area contributed by atoms with Crippen LogP contribution in [-0.4, -0.2) is 19.5 Å². The largest absolute Gasteiger partial charge is 0.309 e. The van der Waals surface area contributed by atoms with Crippen molar-refractivity contribution in [1.29, 1.82) is 0 Å². The molecule has 0 aliphatic heterocycles. The minimum absolute atomic E-state index is 0.638. The molecule has 9 rings (SSSR count). The van der Waals surface area contributed by atoms with Gasteiger partial charge < -0.3 is 4.57 Å². The molecule has 0 atom stereocenters. The van der Waals surface area contributed by atoms with Gasteiger partial charge in [-0.25, -0.2) is 15.0 Å². The lowest BCUT2D eigenvalue weighted by Gasteiger charge is -2.13. The molecule has 0 amide bonds. The fourth-order valence-corrected chi connectivity index (χ4v) is 6.70. The van der Waals surface area contributed by atoms with E-state index < -0.39 is 0 Å². The number of rotatable bonds is 6. The first kappa shape index (κ1) is 28.6. The zero-order chi connectivity index (χ0) is 32.6. The summed E-state index contributed by atoms with van der Waals surface area (Å²) in [7, 11) is 0. The Labute approximate surface area is 284 Å². The average molecular weight is 627 g/mol. The van der Waals surface area contributed by atoms with Crippen LogP contribution in [0, 0.1) is 0 Å². The fourth-order valence-electron chi connectivity index (χ4n) is 6.70. The van der Waals surface area contributed by atoms with Gasteiger partial charge in [0.05, 0.1) is 11.0 Å². The van der Waals surface area contributed by atoms with E-state index in [0.717, 1.165) is 27.9 Å². The zero-order valence-corrected chi connectivity index (χ0v) is 26.6. The third kappa shape index (κ3) is 5.26. The van der Waals surface area contributed by atoms with Gasteiger partial charge in [0.15, 0.2) is 17.5 Å². The van der Waals surface area contributed by atoms with E-state index in [2.05, 4.69) is 126 Å². The Balaban J connectivity index is 1.22. The van der Waals surface area contributed by atoms with Crippen molar-refractivity contribution >= 4 is 21.8 Å². The maximum atomic E-state index is 4.95. The van der Waals surface area contributed by atoms with Crippen LogP contribution in [0.1, 0.15) is 0 Å². The number of aromatic nitrogens is 4. The SMILES string of the molecule is c1ccc(-c2ccc3c(c2)c2cccc(-c4ccccc4)c2n3-c2ccc(-c3nc(-c4ccccc4)nc(-c4ccccc4)n3)cc2)cc1. The zero-order valence-electron chi connectivity index (χ0n) is 26.6. The number of para-hydroxylation sites is 1. The lowest BCUT2D eigenvalue weighted by Crippen LogP contribution is -2.00. The van der Waals surface area contributed by atoms with Gasteiger partial charge in [0, 0.05) is 38.7 Å². The molecule has 0 aliphatic rings. The van der Waals surface area contributed by atoms with Crippen LogP contribution >= 0.6 is 0 Å². The van der Waals surface area contributed by atoms with E-state index in [1.165, 1.54) is 38.5 Å². The topological polar surface area (TPSA) is 43.6 Å². The summed E-state index contributed by atoms with van der Waals surface area (Å²) < 4.78 is 2.39. The van der Waals surface area contributed by atoms with Crippen LogP contribution in [0.3, 0.4) is 0 Å². The third-order valence-corrected chi connectivity index (χ3v) is 9.06. The summed E-state index contributed by atoms with van der Waals surface area (Å²) in [4.78, 5) is 14.8. The molecule has 0 spiro atoms. The molecule has 4 heteroatoms. The van der Waals surface area contributed by atoms with Crippen LogP contribution in [0.5, 0.6) is 0 Å². The molecule has 9 aromatic rings. The van der Waals surface area contributed by atoms with Crippen molar-refractivity contribution in [3.05, 3.63) is 182 Å². The van der Waals surface area contributed by atoms with Crippen molar-refractivity contribution in [1.82, 2.24) is 19.5 Å². The van der Waals surface area contributed by atoms with Gasteiger partial charge in [0.2, 0.25) is 0 Å². The van der Waals surface area contributed by atoms with E-state index >= 15 is 0 Å². The van der Waals surface area contributed by atoms with E-state index in [4.69, 9.17) is 15.0 Å². The molecule has 230 valence electrons. The van der Waals surface area contributed by atoms with Crippen molar-refractivity contribution in [2.45, 2.75) is 0 Å². The van der Waals surface area contributed by atoms with Crippen molar-refractivity contribution in [2.24, 2.45) is 0 Å². The molecule has 49 heavy (non-hydrogen) atoms. The molecule has 0 saturated carbocycles. The van der Waals surface area contributed by atoms with Crippen LogP contribution in [0.2, 0.25) is 0 Å². The van der Waals surface area contributed by atoms with Gasteiger partial charge in [-0.2, -0.15) is 0 Å². The maximum absolute atomic E-state index is 4.95. The molecule has 0 unspecified atom stereocenters. The second kappa shape index (κ2) is 12.2. The van der Waals surface area contributed by atoms with Gasteiger partial charge in [-0.15, -0.1) is 0 Å². The van der Waals surface area contributed by atoms with E-state index in [0.29, 0.717) is 17.5 Å². The predicted molar refractivity (Wildman–Crippen MR) is 201 cm³/mol. The first-order valence-electron chi connectivity index (χ1n) is 16.5. The molecule has 2 aromatic heterocycles. The van der Waals surface area contributed by atoms with Crippen LogP contribution in [0.15, 0.2) is 182 Å². The maximum Gasteiger partial charge on any atom is 0.164 e. The quantitative estimate of drug-likeness (QED) is 0.184. The second-order valence-electron chi connectivity index (χ2n) is 12.1. The first-order chi connectivity index (χ1) is 24.3. The highest BCUT2D eigenvalue weighted by Gasteiger charge is 2.18. The normalized spacial score (nSPS) is 11.3. The van der Waals surface area contributed by atoms with E-state index in [9.17, 15) is 0 Å². The van der Waals surface area contributed by atoms with Crippen molar-refractivity contribution in [3.63, 3.8) is 0 Å². The van der Waals surface area contributed by atoms with Gasteiger partial charge in [0.1, 0.15) is 0 Å². The number of benzene rings is 7. The van der Waals surface area contributed by atoms with Crippen molar-refractivity contribution < 1.29 is 0 Å². The monoisotopic (exact) mass is 626 g/mol. The number of hydrogen-bond acceptors (Lipinski definition) is 3. The fraction of sp³-hybridized carbons (Fsp3) is 0. The Morgan fingerprint density at radius 3 is 1.35 bits per heavy atom. The van der Waals surface area contributed by atoms with Gasteiger partial charge in [-0.1, -0.05) is 146 Å². The molecule has 0 N–H and O–H groups in total. The summed E-state index contributed by atoms with van der Waals surface area (Å²) >= 11 is 0. The average Bonchev–Trinajstić information content (AvgIpc) is 3.53. The van der Waals surface area contributed by atoms with Gasteiger partial charge in [-0.05, 0) is 53.1 Å². The Morgan fingerprint density at radius 2 is 0.796 bits per heavy atom. The van der Waals surface area contributed by atoms with Crippen LogP contribution in [0.4, 0.5) is 0 Å². The van der Waals surface area contributed by atoms with Crippen molar-refractivity contribution in [3.8, 4) is 62.1 Å². The molecular formula is C45H30N4. The Kier molecular flexibility index (Phi) is 7.10. The third-order valence-electron chi connectivity index (χ3n) is 9.06. The van der Waals surface area contributed by atoms with Gasteiger partial charge >= 0.3 is 0 Å². The molecule has 4 nitrogen and oxygen atoms in total. The van der Waals surface area contributed by atoms with Gasteiger partial charge in [0.25, 0.3) is 0 Å². The number of fused-ring (bicyclic) bond motifs is 3. The van der Waals surface area contributed by atoms with Crippen molar-refractivity contribution in [2.75, 3.05) is 0 Å². The number of hydrogen-bond donors (Lipinski definition) is 0. The molecule has 0 bridgehead atoms. The smallest absolute Gasteiger partial charge is 0.164 e. The predicted octanol–water partition coefficient (Wildman–Crippen LogP) is 11.3. The molecule has 0 fully saturated rings. The first-order valence-corrected chi connectivity index (χ1v) is 16.5. The molecule has 7 aromatic carbocycles. The Morgan fingerprint density at radius 1 is 0.327 bits per heavy atom. The Bertz CT molecular complexity index is 2500. The minimum atomic E-state index is 0.638. The van der Waals surface area contributed by atoms with E-state index in [1.807, 2.05) is 60.7 Å². The Hall–Kier alpha value is -6.65. The molecule has 0 radical (unpaired) electrons. The standard InChI is InChI=1S/C45H30N4/c1-5-14-31(15-6-1)36-26-29-41-40(30-36)39-23-13-22-38(32-16-7-2-8-17-32)42(39)49(41)37-27-24-35(25-28-37)45-47-43(33-18-9-3-10-19-33)46-44(48-45)34-20-11-4-12-21-34/h1-30H. The highest BCUT2D eigenvalue weighted by molar-refractivity contribution is 6.14. The summed E-state index contributed by atoms with van der Waals surface area (Å²) in [6.07, 6.45) is 0. The number of nitrogens with zero attached hydrogens (tertiary/aromatic N) is 4. The molecule has 2 heterocycles. The van der Waals surface area contributed by atoms with Crippen LogP contribution < -0.4 is 0 Å². The minimum Gasteiger partial charge on any atom is -0.309 e. The lowest BCUT2D eigenvalue weighted by atomic mass is 10.0. The highest BCUT2D eigenvalue weighted by atomic mass is 15.0. The molecular weight excluding hydrogens is 597 g/mol. The summed E-state index contributed by atoms with van der Waals surface area (Å²) in [6.45, 7) is 0. The van der Waals surface area contributed by atoms with E-state index in [1.54, 1.807) is 0 Å². The van der Waals surface area contributed by atoms with Gasteiger partial charge in [-0.3, -0.25) is 0 Å². The lowest BCUT2D eigenvalue weighted by molar-refractivity contribution is 1.07. The molecule has 0 saturated heterocycles. The second-order valence-corrected chi connectivity index (χ2v) is 12.1. The summed E-state index contributed by atoms with van der Waals surface area (Å²) in [5.41, 5.74) is 11.0. The highest BCUT2D eigenvalue weighted by Crippen LogP contribution is 2.40. The summed E-state index contributed by atoms with van der Waals surface area (Å²) in [5.74, 6) is 1.94. The van der Waals surface area contributed by atoms with Crippen LogP contribution in [-0.2, 0) is 0 Å². The summed E-state index contributed by atoms with van der Waals surface area (Å²) in [6, 6.07) is 63.4. The molecule has 0 aliphatic carbocycles.